The molecule has 0 aliphatic carbocycles. The molecule has 1 aliphatic rings. The van der Waals surface area contributed by atoms with E-state index >= 15 is 0 Å². The summed E-state index contributed by atoms with van der Waals surface area (Å²) in [6.45, 7) is 8.57. The Bertz CT molecular complexity index is 482. The Morgan fingerprint density at radius 3 is 2.95 bits per heavy atom. The van der Waals surface area contributed by atoms with Crippen LogP contribution in [0.5, 0.6) is 5.75 Å². The van der Waals surface area contributed by atoms with Crippen molar-refractivity contribution in [3.05, 3.63) is 24.0 Å². The van der Waals surface area contributed by atoms with Gasteiger partial charge in [0.15, 0.2) is 0 Å². The van der Waals surface area contributed by atoms with Gasteiger partial charge in [-0.25, -0.2) is 4.79 Å². The molecule has 1 aromatic heterocycles. The predicted molar refractivity (Wildman–Crippen MR) is 75.6 cm³/mol. The lowest BCUT2D eigenvalue weighted by molar-refractivity contribution is 0.0176. The molecule has 0 radical (unpaired) electrons. The van der Waals surface area contributed by atoms with Crippen molar-refractivity contribution in [1.29, 1.82) is 0 Å². The molecule has 0 bridgehead atoms. The Hall–Kier alpha value is -1.78. The molecule has 5 heteroatoms. The Morgan fingerprint density at radius 2 is 2.30 bits per heavy atom. The zero-order valence-corrected chi connectivity index (χ0v) is 12.5. The topological polar surface area (TPSA) is 51.7 Å². The first-order chi connectivity index (χ1) is 9.39. The fraction of sp³-hybridized carbons (Fsp3) is 0.600. The molecule has 0 spiro atoms. The van der Waals surface area contributed by atoms with Gasteiger partial charge in [0.25, 0.3) is 0 Å². The molecule has 0 saturated carbocycles. The van der Waals surface area contributed by atoms with E-state index in [-0.39, 0.29) is 12.2 Å². The van der Waals surface area contributed by atoms with Crippen molar-refractivity contribution in [3.8, 4) is 5.75 Å². The van der Waals surface area contributed by atoms with Crippen LogP contribution in [0.25, 0.3) is 0 Å². The van der Waals surface area contributed by atoms with Crippen molar-refractivity contribution in [3.63, 3.8) is 0 Å². The number of pyridine rings is 1. The van der Waals surface area contributed by atoms with Crippen molar-refractivity contribution in [2.75, 3.05) is 6.54 Å². The van der Waals surface area contributed by atoms with Gasteiger partial charge in [-0.2, -0.15) is 0 Å². The molecule has 5 nitrogen and oxygen atoms in total. The summed E-state index contributed by atoms with van der Waals surface area (Å²) in [6.07, 6.45) is 2.18. The molecule has 1 atom stereocenters. The molecule has 20 heavy (non-hydrogen) atoms. The second kappa shape index (κ2) is 5.69. The number of fused-ring (bicyclic) bond motifs is 1. The van der Waals surface area contributed by atoms with Crippen LogP contribution in [0.1, 0.15) is 39.8 Å². The van der Waals surface area contributed by atoms with Crippen molar-refractivity contribution >= 4 is 6.09 Å². The van der Waals surface area contributed by atoms with Crippen LogP contribution in [0.4, 0.5) is 4.79 Å². The number of hydrogen-bond donors (Lipinski definition) is 0. The smallest absolute Gasteiger partial charge is 0.410 e. The van der Waals surface area contributed by atoms with E-state index in [1.807, 2.05) is 39.8 Å². The Labute approximate surface area is 119 Å². The van der Waals surface area contributed by atoms with Gasteiger partial charge in [-0.1, -0.05) is 6.92 Å². The summed E-state index contributed by atoms with van der Waals surface area (Å²) >= 11 is 0. The van der Waals surface area contributed by atoms with Gasteiger partial charge in [-0.15, -0.1) is 0 Å². The van der Waals surface area contributed by atoms with Gasteiger partial charge in [-0.3, -0.25) is 9.88 Å². The van der Waals surface area contributed by atoms with E-state index in [1.165, 1.54) is 0 Å². The third kappa shape index (κ3) is 3.62. The quantitative estimate of drug-likeness (QED) is 0.792. The van der Waals surface area contributed by atoms with Gasteiger partial charge in [-0.05, 0) is 39.3 Å². The molecule has 2 rings (SSSR count). The number of aromatic nitrogens is 1. The van der Waals surface area contributed by atoms with Crippen LogP contribution < -0.4 is 4.74 Å². The molecule has 1 unspecified atom stereocenters. The summed E-state index contributed by atoms with van der Waals surface area (Å²) in [6, 6.07) is 3.73. The maximum Gasteiger partial charge on any atom is 0.410 e. The first-order valence-electron chi connectivity index (χ1n) is 6.97. The highest BCUT2D eigenvalue weighted by Crippen LogP contribution is 2.25. The third-order valence-corrected chi connectivity index (χ3v) is 3.01. The maximum atomic E-state index is 12.3. The van der Waals surface area contributed by atoms with Crippen LogP contribution in [0.2, 0.25) is 0 Å². The predicted octanol–water partition coefficient (Wildman–Crippen LogP) is 2.99. The van der Waals surface area contributed by atoms with E-state index in [4.69, 9.17) is 9.47 Å². The van der Waals surface area contributed by atoms with Gasteiger partial charge < -0.3 is 9.47 Å². The van der Waals surface area contributed by atoms with Gasteiger partial charge in [0.1, 0.15) is 23.1 Å². The molecule has 0 saturated heterocycles. The van der Waals surface area contributed by atoms with Crippen LogP contribution in [0.3, 0.4) is 0 Å². The van der Waals surface area contributed by atoms with Gasteiger partial charge in [0.05, 0.1) is 13.1 Å². The maximum absolute atomic E-state index is 12.3. The lowest BCUT2D eigenvalue weighted by Crippen LogP contribution is -2.40. The number of hydrogen-bond acceptors (Lipinski definition) is 4. The van der Waals surface area contributed by atoms with Crippen molar-refractivity contribution in [2.24, 2.45) is 0 Å². The van der Waals surface area contributed by atoms with Gasteiger partial charge >= 0.3 is 6.09 Å². The molecular weight excluding hydrogens is 256 g/mol. The number of carbonyl (C=O) groups is 1. The number of nitrogens with zero attached hydrogens (tertiary/aromatic N) is 2. The van der Waals surface area contributed by atoms with Crippen molar-refractivity contribution in [2.45, 2.75) is 52.4 Å². The highest BCUT2D eigenvalue weighted by molar-refractivity contribution is 5.68. The molecule has 1 aromatic rings. The average Bonchev–Trinajstić information content (AvgIpc) is 2.55. The fourth-order valence-electron chi connectivity index (χ4n) is 2.04. The molecule has 1 aliphatic heterocycles. The van der Waals surface area contributed by atoms with Gasteiger partial charge in [0, 0.05) is 6.20 Å². The molecule has 1 amide bonds. The number of amides is 1. The van der Waals surface area contributed by atoms with E-state index in [2.05, 4.69) is 4.98 Å². The normalized spacial score (nSPS) is 18.8. The minimum Gasteiger partial charge on any atom is -0.487 e. The SMILES string of the molecule is CCC1CN(C(=O)OC(C)(C)C)Cc2ncccc2O1. The summed E-state index contributed by atoms with van der Waals surface area (Å²) in [5.41, 5.74) is 0.271. The standard InChI is InChI=1S/C15H22N2O3/c1-5-11-9-17(14(18)20-15(2,3)4)10-12-13(19-11)7-6-8-16-12/h6-8,11H,5,9-10H2,1-4H3. The second-order valence-electron chi connectivity index (χ2n) is 5.96. The van der Waals surface area contributed by atoms with Crippen LogP contribution in [-0.4, -0.2) is 34.2 Å². The minimum atomic E-state index is -0.501. The summed E-state index contributed by atoms with van der Waals surface area (Å²) in [5.74, 6) is 0.755. The number of carbonyl (C=O) groups excluding carboxylic acids is 1. The molecule has 110 valence electrons. The number of ether oxygens (including phenoxy) is 2. The fourth-order valence-corrected chi connectivity index (χ4v) is 2.04. The summed E-state index contributed by atoms with van der Waals surface area (Å²) in [7, 11) is 0. The van der Waals surface area contributed by atoms with E-state index in [0.717, 1.165) is 17.9 Å². The Morgan fingerprint density at radius 1 is 1.55 bits per heavy atom. The average molecular weight is 278 g/mol. The van der Waals surface area contributed by atoms with Crippen molar-refractivity contribution in [1.82, 2.24) is 9.88 Å². The van der Waals surface area contributed by atoms with Crippen LogP contribution in [0.15, 0.2) is 18.3 Å². The van der Waals surface area contributed by atoms with Crippen molar-refractivity contribution < 1.29 is 14.3 Å². The van der Waals surface area contributed by atoms with E-state index in [9.17, 15) is 4.79 Å². The molecule has 2 heterocycles. The second-order valence-corrected chi connectivity index (χ2v) is 5.96. The molecule has 0 fully saturated rings. The lowest BCUT2D eigenvalue weighted by Gasteiger charge is -2.27. The van der Waals surface area contributed by atoms with Crippen LogP contribution in [-0.2, 0) is 11.3 Å². The monoisotopic (exact) mass is 278 g/mol. The highest BCUT2D eigenvalue weighted by atomic mass is 16.6. The zero-order valence-electron chi connectivity index (χ0n) is 12.5. The molecule has 0 aromatic carbocycles. The first kappa shape index (κ1) is 14.6. The van der Waals surface area contributed by atoms with E-state index < -0.39 is 5.60 Å². The lowest BCUT2D eigenvalue weighted by atomic mass is 10.2. The first-order valence-corrected chi connectivity index (χ1v) is 6.97. The summed E-state index contributed by atoms with van der Waals surface area (Å²) in [5, 5.41) is 0. The van der Waals surface area contributed by atoms with E-state index in [1.54, 1.807) is 11.1 Å². The summed E-state index contributed by atoms with van der Waals surface area (Å²) < 4.78 is 11.3. The molecular formula is C15H22N2O3. The van der Waals surface area contributed by atoms with Crippen LogP contribution in [0, 0.1) is 0 Å². The van der Waals surface area contributed by atoms with Gasteiger partial charge in [0.2, 0.25) is 0 Å². The Balaban J connectivity index is 2.20. The Kier molecular flexibility index (Phi) is 4.16. The minimum absolute atomic E-state index is 0.0343. The molecule has 0 N–H and O–H groups in total. The highest BCUT2D eigenvalue weighted by Gasteiger charge is 2.29. The zero-order chi connectivity index (χ0) is 14.8. The summed E-state index contributed by atoms with van der Waals surface area (Å²) in [4.78, 5) is 18.2. The van der Waals surface area contributed by atoms with E-state index in [0.29, 0.717) is 13.1 Å². The third-order valence-electron chi connectivity index (χ3n) is 3.01. The van der Waals surface area contributed by atoms with Crippen LogP contribution >= 0.6 is 0 Å². The largest absolute Gasteiger partial charge is 0.487 e. The number of rotatable bonds is 1.